The molecule has 0 aliphatic carbocycles. The highest BCUT2D eigenvalue weighted by molar-refractivity contribution is 8.47. The molecule has 0 aromatic heterocycles. The van der Waals surface area contributed by atoms with E-state index in [4.69, 9.17) is 13.7 Å². The molecule has 62 valence electrons. The maximum Gasteiger partial charge on any atom is 0.498 e. The van der Waals surface area contributed by atoms with Crippen molar-refractivity contribution in [2.45, 2.75) is 0 Å². The van der Waals surface area contributed by atoms with Crippen LogP contribution in [0.5, 0.6) is 0 Å². The lowest BCUT2D eigenvalue weighted by atomic mass is 9.75. The van der Waals surface area contributed by atoms with Gasteiger partial charge in [-0.25, -0.2) is 0 Å². The van der Waals surface area contributed by atoms with Crippen LogP contribution in [-0.2, 0) is 13.7 Å². The van der Waals surface area contributed by atoms with E-state index >= 15 is 0 Å². The first-order valence-corrected chi connectivity index (χ1v) is 5.03. The van der Waals surface area contributed by atoms with Crippen molar-refractivity contribution in [2.24, 2.45) is 0 Å². The van der Waals surface area contributed by atoms with Crippen molar-refractivity contribution in [1.29, 1.82) is 0 Å². The van der Waals surface area contributed by atoms with Crippen molar-refractivity contribution >= 4 is 36.8 Å². The number of hydrogen-bond donors (Lipinski definition) is 0. The average Bonchev–Trinajstić information content (AvgIpc) is 2.18. The van der Waals surface area contributed by atoms with E-state index in [1.807, 2.05) is 30.3 Å². The van der Waals surface area contributed by atoms with Crippen LogP contribution in [0.1, 0.15) is 0 Å². The third kappa shape index (κ3) is 1.42. The molecule has 3 aliphatic heterocycles. The topological polar surface area (TPSA) is 27.7 Å². The van der Waals surface area contributed by atoms with Gasteiger partial charge in [-0.05, 0) is 5.46 Å². The first kappa shape index (κ1) is 7.99. The van der Waals surface area contributed by atoms with E-state index in [-0.39, 0.29) is 19.9 Å². The molecule has 0 N–H and O–H groups in total. The van der Waals surface area contributed by atoms with Gasteiger partial charge in [0.15, 0.2) is 0 Å². The maximum absolute atomic E-state index is 5.46. The number of benzene rings is 1. The Morgan fingerprint density at radius 2 is 1.54 bits per heavy atom. The van der Waals surface area contributed by atoms with Crippen LogP contribution in [0.2, 0.25) is 0 Å². The van der Waals surface area contributed by atoms with Gasteiger partial charge in [0.25, 0.3) is 0 Å². The molecule has 2 bridgehead atoms. The lowest BCUT2D eigenvalue weighted by Gasteiger charge is -2.38. The molecule has 3 aliphatic rings. The van der Waals surface area contributed by atoms with E-state index in [1.165, 1.54) is 0 Å². The Bertz CT molecular complexity index is 295. The summed E-state index contributed by atoms with van der Waals surface area (Å²) in [5, 5.41) is 0. The molecule has 3 saturated heterocycles. The van der Waals surface area contributed by atoms with Gasteiger partial charge >= 0.3 is 19.9 Å². The standard InChI is InChI=1S/C6H5B3O3S/c1-2-4-6(5-3-1)7-10-8-12-9(11-7)13-8/h1-5H. The predicted octanol–water partition coefficient (Wildman–Crippen LogP) is 0.162. The number of hydrogen-bond acceptors (Lipinski definition) is 4. The largest absolute Gasteiger partial charge is 0.498 e. The highest BCUT2D eigenvalue weighted by atomic mass is 32.2. The number of fused-ring (bicyclic) bond motifs is 2. The summed E-state index contributed by atoms with van der Waals surface area (Å²) < 4.78 is 16.1. The molecular weight excluding hydrogens is 185 g/mol. The van der Waals surface area contributed by atoms with Crippen LogP contribution in [0.25, 0.3) is 0 Å². The molecule has 3 heterocycles. The normalized spacial score (nSPS) is 20.2. The Kier molecular flexibility index (Phi) is 1.90. The van der Waals surface area contributed by atoms with Crippen LogP contribution >= 0.6 is 11.5 Å². The van der Waals surface area contributed by atoms with Crippen molar-refractivity contribution in [3.8, 4) is 0 Å². The second-order valence-electron chi connectivity index (χ2n) is 2.86. The molecular formula is C6H5B3O3S. The van der Waals surface area contributed by atoms with E-state index in [9.17, 15) is 0 Å². The highest BCUT2D eigenvalue weighted by Gasteiger charge is 2.53. The molecule has 1 aromatic rings. The van der Waals surface area contributed by atoms with Gasteiger partial charge in [0.1, 0.15) is 0 Å². The molecule has 0 amide bonds. The van der Waals surface area contributed by atoms with Gasteiger partial charge in [-0.3, -0.25) is 0 Å². The molecule has 0 atom stereocenters. The van der Waals surface area contributed by atoms with Gasteiger partial charge in [-0.1, -0.05) is 30.3 Å². The van der Waals surface area contributed by atoms with Gasteiger partial charge < -0.3 is 13.7 Å². The minimum absolute atomic E-state index is 0.135. The SMILES string of the molecule is c1ccc(B2OB3OB(O2)S3)cc1. The van der Waals surface area contributed by atoms with E-state index in [1.54, 1.807) is 11.5 Å². The summed E-state index contributed by atoms with van der Waals surface area (Å²) in [4.78, 5) is 0. The Hall–Kier alpha value is -0.355. The molecule has 0 saturated carbocycles. The summed E-state index contributed by atoms with van der Waals surface area (Å²) in [6.07, 6.45) is -0.270. The van der Waals surface area contributed by atoms with Crippen LogP contribution in [0.3, 0.4) is 0 Å². The zero-order valence-corrected chi connectivity index (χ0v) is 7.57. The summed E-state index contributed by atoms with van der Waals surface area (Å²) in [6.45, 7) is 0. The minimum atomic E-state index is -0.258. The van der Waals surface area contributed by atoms with E-state index in [0.717, 1.165) is 5.46 Å². The maximum atomic E-state index is 5.46. The summed E-state index contributed by atoms with van der Waals surface area (Å²) >= 11 is 1.55. The van der Waals surface area contributed by atoms with Crippen LogP contribution in [0.15, 0.2) is 30.3 Å². The molecule has 1 aromatic carbocycles. The molecule has 3 nitrogen and oxygen atoms in total. The van der Waals surface area contributed by atoms with E-state index in [2.05, 4.69) is 0 Å². The quantitative estimate of drug-likeness (QED) is 0.589. The average molecular weight is 190 g/mol. The summed E-state index contributed by atoms with van der Waals surface area (Å²) in [5.41, 5.74) is 1.04. The molecule has 7 heteroatoms. The fraction of sp³-hybridized carbons (Fsp3) is 0. The molecule has 0 spiro atoms. The molecule has 0 unspecified atom stereocenters. The predicted molar refractivity (Wildman–Crippen MR) is 54.2 cm³/mol. The fourth-order valence-electron chi connectivity index (χ4n) is 1.32. The summed E-state index contributed by atoms with van der Waals surface area (Å²) in [6, 6.07) is 9.88. The Balaban J connectivity index is 1.79. The lowest BCUT2D eigenvalue weighted by Crippen LogP contribution is -2.59. The molecule has 3 fully saturated rings. The van der Waals surface area contributed by atoms with Crippen LogP contribution in [0, 0.1) is 0 Å². The number of rotatable bonds is 1. The molecule has 0 radical (unpaired) electrons. The van der Waals surface area contributed by atoms with Crippen LogP contribution in [-0.4, -0.2) is 19.9 Å². The van der Waals surface area contributed by atoms with Crippen LogP contribution < -0.4 is 5.46 Å². The van der Waals surface area contributed by atoms with Crippen molar-refractivity contribution in [3.05, 3.63) is 30.3 Å². The van der Waals surface area contributed by atoms with Crippen molar-refractivity contribution in [3.63, 3.8) is 0 Å². The minimum Gasteiger partial charge on any atom is -0.440 e. The molecule has 13 heavy (non-hydrogen) atoms. The Labute approximate surface area is 81.4 Å². The second kappa shape index (κ2) is 3.10. The van der Waals surface area contributed by atoms with Gasteiger partial charge in [0, 0.05) is 0 Å². The van der Waals surface area contributed by atoms with Gasteiger partial charge in [-0.2, -0.15) is 0 Å². The van der Waals surface area contributed by atoms with Crippen molar-refractivity contribution < 1.29 is 13.7 Å². The first-order chi connectivity index (χ1) is 6.42. The third-order valence-electron chi connectivity index (χ3n) is 1.99. The smallest absolute Gasteiger partial charge is 0.440 e. The Morgan fingerprint density at radius 1 is 0.923 bits per heavy atom. The lowest BCUT2D eigenvalue weighted by molar-refractivity contribution is 0.311. The third-order valence-corrected chi connectivity index (χ3v) is 2.87. The zero-order valence-electron chi connectivity index (χ0n) is 6.75. The van der Waals surface area contributed by atoms with Crippen LogP contribution in [0.4, 0.5) is 0 Å². The monoisotopic (exact) mass is 190 g/mol. The van der Waals surface area contributed by atoms with Gasteiger partial charge in [-0.15, -0.1) is 11.5 Å². The van der Waals surface area contributed by atoms with Gasteiger partial charge in [0.05, 0.1) is 0 Å². The van der Waals surface area contributed by atoms with E-state index in [0.29, 0.717) is 0 Å². The Morgan fingerprint density at radius 3 is 2.15 bits per heavy atom. The first-order valence-electron chi connectivity index (χ1n) is 4.08. The fourth-order valence-corrected chi connectivity index (χ4v) is 1.99. The summed E-state index contributed by atoms with van der Waals surface area (Å²) in [5.74, 6) is 0. The van der Waals surface area contributed by atoms with E-state index < -0.39 is 0 Å². The van der Waals surface area contributed by atoms with Crippen molar-refractivity contribution in [1.82, 2.24) is 0 Å². The summed E-state index contributed by atoms with van der Waals surface area (Å²) in [7, 11) is -0.258. The second-order valence-corrected chi connectivity index (χ2v) is 3.91. The van der Waals surface area contributed by atoms with Crippen molar-refractivity contribution in [2.75, 3.05) is 0 Å². The molecule has 4 rings (SSSR count). The zero-order chi connectivity index (χ0) is 8.67. The highest BCUT2D eigenvalue weighted by Crippen LogP contribution is 2.33. The van der Waals surface area contributed by atoms with Gasteiger partial charge in [0.2, 0.25) is 0 Å².